The van der Waals surface area contributed by atoms with Crippen molar-refractivity contribution in [3.05, 3.63) is 65.2 Å². The van der Waals surface area contributed by atoms with E-state index >= 15 is 0 Å². The molecule has 0 aliphatic heterocycles. The van der Waals surface area contributed by atoms with E-state index in [0.717, 1.165) is 22.1 Å². The van der Waals surface area contributed by atoms with E-state index in [1.807, 2.05) is 30.3 Å². The van der Waals surface area contributed by atoms with Gasteiger partial charge in [0.2, 0.25) is 0 Å². The molecule has 0 aliphatic carbocycles. The van der Waals surface area contributed by atoms with Crippen LogP contribution in [0, 0.1) is 11.3 Å². The van der Waals surface area contributed by atoms with E-state index in [9.17, 15) is 5.26 Å². The lowest BCUT2D eigenvalue weighted by Crippen LogP contribution is -1.95. The molecule has 3 nitrogen and oxygen atoms in total. The van der Waals surface area contributed by atoms with E-state index in [1.54, 1.807) is 24.3 Å². The molecular weight excluding hydrogens is 282 g/mol. The highest BCUT2D eigenvalue weighted by molar-refractivity contribution is 6.33. The molecule has 4 heteroatoms. The highest BCUT2D eigenvalue weighted by Gasteiger charge is 2.07. The summed E-state index contributed by atoms with van der Waals surface area (Å²) in [6, 6.07) is 18.9. The molecule has 0 fully saturated rings. The zero-order chi connectivity index (χ0) is 14.8. The molecule has 0 atom stereocenters. The van der Waals surface area contributed by atoms with Gasteiger partial charge in [-0.2, -0.15) is 5.26 Å². The lowest BCUT2D eigenvalue weighted by atomic mass is 10.0. The summed E-state index contributed by atoms with van der Waals surface area (Å²) in [5.41, 5.74) is 8.71. The average Bonchev–Trinajstić information content (AvgIpc) is 2.51. The van der Waals surface area contributed by atoms with Gasteiger partial charge in [-0.05, 0) is 30.3 Å². The van der Waals surface area contributed by atoms with Crippen molar-refractivity contribution in [2.45, 2.75) is 0 Å². The van der Waals surface area contributed by atoms with Gasteiger partial charge in [-0.3, -0.25) is 0 Å². The SMILES string of the molecule is N#Cc1ccc(Nc2cc(N)ccc2Cl)c2ccccc12. The van der Waals surface area contributed by atoms with Crippen molar-refractivity contribution in [1.29, 1.82) is 5.26 Å². The van der Waals surface area contributed by atoms with Crippen molar-refractivity contribution in [1.82, 2.24) is 0 Å². The largest absolute Gasteiger partial charge is 0.399 e. The van der Waals surface area contributed by atoms with Crippen LogP contribution in [0.2, 0.25) is 5.02 Å². The third-order valence-corrected chi connectivity index (χ3v) is 3.63. The van der Waals surface area contributed by atoms with Gasteiger partial charge in [0.05, 0.1) is 22.3 Å². The van der Waals surface area contributed by atoms with Crippen LogP contribution in [-0.4, -0.2) is 0 Å². The molecule has 3 aromatic carbocycles. The van der Waals surface area contributed by atoms with Crippen LogP contribution in [0.15, 0.2) is 54.6 Å². The van der Waals surface area contributed by atoms with Gasteiger partial charge < -0.3 is 11.1 Å². The maximum absolute atomic E-state index is 9.19. The monoisotopic (exact) mass is 293 g/mol. The van der Waals surface area contributed by atoms with E-state index in [0.29, 0.717) is 16.3 Å². The fourth-order valence-corrected chi connectivity index (χ4v) is 2.45. The second-order valence-corrected chi connectivity index (χ2v) is 5.09. The van der Waals surface area contributed by atoms with Crippen molar-refractivity contribution in [2.75, 3.05) is 11.1 Å². The van der Waals surface area contributed by atoms with Crippen molar-refractivity contribution in [3.8, 4) is 6.07 Å². The van der Waals surface area contributed by atoms with E-state index in [2.05, 4.69) is 11.4 Å². The highest BCUT2D eigenvalue weighted by atomic mass is 35.5. The quantitative estimate of drug-likeness (QED) is 0.674. The van der Waals surface area contributed by atoms with Crippen LogP contribution in [-0.2, 0) is 0 Å². The third kappa shape index (κ3) is 2.49. The summed E-state index contributed by atoms with van der Waals surface area (Å²) in [5, 5.41) is 14.9. The summed E-state index contributed by atoms with van der Waals surface area (Å²) in [6.07, 6.45) is 0. The smallest absolute Gasteiger partial charge is 0.0998 e. The molecule has 0 amide bonds. The Balaban J connectivity index is 2.14. The summed E-state index contributed by atoms with van der Waals surface area (Å²) >= 11 is 6.19. The Hall–Kier alpha value is -2.70. The lowest BCUT2D eigenvalue weighted by Gasteiger charge is -2.12. The standard InChI is InChI=1S/C17H12ClN3/c18-15-7-6-12(20)9-17(15)21-16-8-5-11(10-19)13-3-1-2-4-14(13)16/h1-9,21H,20H2. The number of nitrogens with zero attached hydrogens (tertiary/aromatic N) is 1. The molecule has 0 aliphatic rings. The highest BCUT2D eigenvalue weighted by Crippen LogP contribution is 2.32. The number of hydrogen-bond acceptors (Lipinski definition) is 3. The molecule has 0 spiro atoms. The predicted molar refractivity (Wildman–Crippen MR) is 87.8 cm³/mol. The first-order chi connectivity index (χ1) is 10.2. The van der Waals surface area contributed by atoms with Crippen LogP contribution < -0.4 is 11.1 Å². The second-order valence-electron chi connectivity index (χ2n) is 4.68. The molecule has 0 unspecified atom stereocenters. The van der Waals surface area contributed by atoms with Crippen molar-refractivity contribution >= 4 is 39.4 Å². The summed E-state index contributed by atoms with van der Waals surface area (Å²) in [6.45, 7) is 0. The van der Waals surface area contributed by atoms with E-state index in [1.165, 1.54) is 0 Å². The normalized spacial score (nSPS) is 10.3. The van der Waals surface area contributed by atoms with Crippen LogP contribution in [0.1, 0.15) is 5.56 Å². The van der Waals surface area contributed by atoms with Gasteiger partial charge in [-0.15, -0.1) is 0 Å². The maximum atomic E-state index is 9.19. The average molecular weight is 294 g/mol. The summed E-state index contributed by atoms with van der Waals surface area (Å²) in [7, 11) is 0. The number of fused-ring (bicyclic) bond motifs is 1. The zero-order valence-electron chi connectivity index (χ0n) is 11.1. The van der Waals surface area contributed by atoms with Crippen LogP contribution in [0.4, 0.5) is 17.1 Å². The number of halogens is 1. The first-order valence-corrected chi connectivity index (χ1v) is 6.81. The summed E-state index contributed by atoms with van der Waals surface area (Å²) < 4.78 is 0. The Labute approximate surface area is 127 Å². The zero-order valence-corrected chi connectivity index (χ0v) is 11.9. The number of nitrogens with two attached hydrogens (primary N) is 1. The first kappa shape index (κ1) is 13.3. The lowest BCUT2D eigenvalue weighted by molar-refractivity contribution is 1.50. The molecule has 0 radical (unpaired) electrons. The Morgan fingerprint density at radius 3 is 2.48 bits per heavy atom. The number of nitrogens with one attached hydrogen (secondary N) is 1. The first-order valence-electron chi connectivity index (χ1n) is 6.43. The second kappa shape index (κ2) is 5.35. The molecule has 0 saturated carbocycles. The minimum Gasteiger partial charge on any atom is -0.399 e. The molecule has 0 heterocycles. The fourth-order valence-electron chi connectivity index (χ4n) is 2.29. The summed E-state index contributed by atoms with van der Waals surface area (Å²) in [5.74, 6) is 0. The molecule has 3 aromatic rings. The van der Waals surface area contributed by atoms with Crippen molar-refractivity contribution < 1.29 is 0 Å². The minimum atomic E-state index is 0.595. The van der Waals surface area contributed by atoms with Gasteiger partial charge in [0.25, 0.3) is 0 Å². The van der Waals surface area contributed by atoms with Gasteiger partial charge in [0.1, 0.15) is 0 Å². The molecule has 3 rings (SSSR count). The van der Waals surface area contributed by atoms with Gasteiger partial charge in [0.15, 0.2) is 0 Å². The number of nitriles is 1. The van der Waals surface area contributed by atoms with Crippen LogP contribution in [0.3, 0.4) is 0 Å². The van der Waals surface area contributed by atoms with Crippen molar-refractivity contribution in [3.63, 3.8) is 0 Å². The fraction of sp³-hybridized carbons (Fsp3) is 0. The van der Waals surface area contributed by atoms with Gasteiger partial charge in [-0.25, -0.2) is 0 Å². The van der Waals surface area contributed by atoms with Gasteiger partial charge >= 0.3 is 0 Å². The Morgan fingerprint density at radius 2 is 1.71 bits per heavy atom. The third-order valence-electron chi connectivity index (χ3n) is 3.30. The molecule has 3 N–H and O–H groups in total. The number of nitrogen functional groups attached to an aromatic ring is 1. The van der Waals surface area contributed by atoms with E-state index < -0.39 is 0 Å². The van der Waals surface area contributed by atoms with Crippen LogP contribution >= 0.6 is 11.6 Å². The Bertz CT molecular complexity index is 866. The number of benzene rings is 3. The van der Waals surface area contributed by atoms with Crippen LogP contribution in [0.5, 0.6) is 0 Å². The predicted octanol–water partition coefficient (Wildman–Crippen LogP) is 4.69. The number of hydrogen-bond donors (Lipinski definition) is 2. The van der Waals surface area contributed by atoms with Crippen LogP contribution in [0.25, 0.3) is 10.8 Å². The van der Waals surface area contributed by atoms with E-state index in [-0.39, 0.29) is 0 Å². The Morgan fingerprint density at radius 1 is 0.952 bits per heavy atom. The van der Waals surface area contributed by atoms with Gasteiger partial charge in [0, 0.05) is 22.1 Å². The molecular formula is C17H12ClN3. The molecule has 0 saturated heterocycles. The van der Waals surface area contributed by atoms with Crippen molar-refractivity contribution in [2.24, 2.45) is 0 Å². The molecule has 102 valence electrons. The molecule has 0 aromatic heterocycles. The number of anilines is 3. The minimum absolute atomic E-state index is 0.595. The van der Waals surface area contributed by atoms with E-state index in [4.69, 9.17) is 17.3 Å². The number of rotatable bonds is 2. The topological polar surface area (TPSA) is 61.8 Å². The Kier molecular flexibility index (Phi) is 3.39. The molecule has 21 heavy (non-hydrogen) atoms. The maximum Gasteiger partial charge on any atom is 0.0998 e. The summed E-state index contributed by atoms with van der Waals surface area (Å²) in [4.78, 5) is 0. The van der Waals surface area contributed by atoms with Gasteiger partial charge in [-0.1, -0.05) is 35.9 Å². The molecule has 0 bridgehead atoms.